The number of imide groups is 1. The Balaban J connectivity index is 1.74. The zero-order valence-corrected chi connectivity index (χ0v) is 13.8. The summed E-state index contributed by atoms with van der Waals surface area (Å²) >= 11 is 0. The van der Waals surface area contributed by atoms with Crippen molar-refractivity contribution in [1.29, 1.82) is 0 Å². The number of hydrogen-bond donors (Lipinski definition) is 1. The molecular weight excluding hydrogens is 320 g/mol. The van der Waals surface area contributed by atoms with Gasteiger partial charge in [0, 0.05) is 0 Å². The Bertz CT molecular complexity index is 991. The summed E-state index contributed by atoms with van der Waals surface area (Å²) in [6, 6.07) is 13.0. The van der Waals surface area contributed by atoms with E-state index in [1.54, 1.807) is 13.8 Å². The average molecular weight is 336 g/mol. The van der Waals surface area contributed by atoms with Crippen LogP contribution in [0.5, 0.6) is 0 Å². The maximum atomic E-state index is 13.0. The fourth-order valence-corrected chi connectivity index (χ4v) is 3.22. The lowest BCUT2D eigenvalue weighted by Crippen LogP contribution is -2.41. The summed E-state index contributed by atoms with van der Waals surface area (Å²) in [6.45, 7) is 3.35. The van der Waals surface area contributed by atoms with Crippen molar-refractivity contribution < 1.29 is 14.1 Å². The molecule has 0 spiro atoms. The minimum atomic E-state index is -1.15. The number of carbonyl (C=O) groups is 2. The molecule has 1 saturated heterocycles. The zero-order valence-electron chi connectivity index (χ0n) is 13.8. The predicted octanol–water partition coefficient (Wildman–Crippen LogP) is 2.50. The zero-order chi connectivity index (χ0) is 17.6. The lowest BCUT2D eigenvalue weighted by molar-refractivity contribution is -0.131. The Morgan fingerprint density at radius 1 is 1.16 bits per heavy atom. The number of fused-ring (bicyclic) bond motifs is 1. The molecule has 1 atom stereocenters. The molecule has 1 unspecified atom stereocenters. The number of urea groups is 1. The van der Waals surface area contributed by atoms with E-state index in [9.17, 15) is 9.59 Å². The molecule has 0 aliphatic carbocycles. The van der Waals surface area contributed by atoms with Crippen LogP contribution >= 0.6 is 0 Å². The molecule has 0 bridgehead atoms. The molecule has 0 saturated carbocycles. The van der Waals surface area contributed by atoms with Gasteiger partial charge in [0.05, 0.1) is 0 Å². The number of benzene rings is 2. The van der Waals surface area contributed by atoms with Gasteiger partial charge >= 0.3 is 6.03 Å². The van der Waals surface area contributed by atoms with Gasteiger partial charge in [-0.1, -0.05) is 47.6 Å². The van der Waals surface area contributed by atoms with Crippen LogP contribution in [0.3, 0.4) is 0 Å². The molecule has 126 valence electrons. The quantitative estimate of drug-likeness (QED) is 0.742. The molecule has 7 heteroatoms. The summed E-state index contributed by atoms with van der Waals surface area (Å²) in [6.07, 6.45) is 0. The van der Waals surface area contributed by atoms with E-state index in [0.29, 0.717) is 5.82 Å². The number of aryl methyl sites for hydroxylation is 1. The number of nitrogens with zero attached hydrogens (tertiary/aromatic N) is 3. The van der Waals surface area contributed by atoms with Gasteiger partial charge < -0.3 is 9.84 Å². The molecule has 25 heavy (non-hydrogen) atoms. The molecule has 2 heterocycles. The largest absolute Gasteiger partial charge is 0.337 e. The highest BCUT2D eigenvalue weighted by atomic mass is 16.5. The third-order valence-corrected chi connectivity index (χ3v) is 4.47. The number of aromatic nitrogens is 2. The van der Waals surface area contributed by atoms with Crippen LogP contribution < -0.4 is 5.32 Å². The third-order valence-electron chi connectivity index (χ3n) is 4.47. The van der Waals surface area contributed by atoms with Crippen molar-refractivity contribution in [2.24, 2.45) is 0 Å². The summed E-state index contributed by atoms with van der Waals surface area (Å²) in [5, 5.41) is 8.44. The lowest BCUT2D eigenvalue weighted by atomic mass is 9.88. The van der Waals surface area contributed by atoms with E-state index in [-0.39, 0.29) is 18.3 Å². The predicted molar refractivity (Wildman–Crippen MR) is 89.4 cm³/mol. The van der Waals surface area contributed by atoms with Crippen LogP contribution in [0.15, 0.2) is 47.0 Å². The standard InChI is InChI=1S/C18H16N4O3/c1-11-19-15(25-21-11)10-22-16(23)18(2,20-17(22)24)14-9-5-7-12-6-3-4-8-13(12)14/h3-9H,10H2,1-2H3,(H,20,24). The number of carbonyl (C=O) groups excluding carboxylic acids is 2. The Morgan fingerprint density at radius 2 is 1.92 bits per heavy atom. The van der Waals surface area contributed by atoms with Crippen molar-refractivity contribution in [3.63, 3.8) is 0 Å². The maximum absolute atomic E-state index is 13.0. The normalized spacial score (nSPS) is 20.3. The molecular formula is C18H16N4O3. The first kappa shape index (κ1) is 15.3. The molecule has 2 aromatic carbocycles. The van der Waals surface area contributed by atoms with Crippen molar-refractivity contribution in [2.45, 2.75) is 25.9 Å². The molecule has 1 aliphatic rings. The van der Waals surface area contributed by atoms with Gasteiger partial charge in [-0.05, 0) is 30.2 Å². The molecule has 1 aliphatic heterocycles. The van der Waals surface area contributed by atoms with E-state index in [2.05, 4.69) is 15.5 Å². The van der Waals surface area contributed by atoms with Gasteiger partial charge in [0.2, 0.25) is 5.89 Å². The minimum absolute atomic E-state index is 0.0497. The second-order valence-electron chi connectivity index (χ2n) is 6.21. The molecule has 3 amide bonds. The first-order valence-electron chi connectivity index (χ1n) is 7.90. The van der Waals surface area contributed by atoms with Crippen LogP contribution in [0, 0.1) is 6.92 Å². The Labute approximate surface area is 143 Å². The summed E-state index contributed by atoms with van der Waals surface area (Å²) in [5.41, 5.74) is -0.388. The fourth-order valence-electron chi connectivity index (χ4n) is 3.22. The molecule has 7 nitrogen and oxygen atoms in total. The summed E-state index contributed by atoms with van der Waals surface area (Å²) < 4.78 is 5.03. The van der Waals surface area contributed by atoms with E-state index < -0.39 is 11.6 Å². The van der Waals surface area contributed by atoms with Crippen molar-refractivity contribution in [3.05, 3.63) is 59.7 Å². The molecule has 0 radical (unpaired) electrons. The highest BCUT2D eigenvalue weighted by Crippen LogP contribution is 2.34. The highest BCUT2D eigenvalue weighted by Gasteiger charge is 2.50. The monoisotopic (exact) mass is 336 g/mol. The Kier molecular flexibility index (Phi) is 3.31. The van der Waals surface area contributed by atoms with Crippen LogP contribution in [0.4, 0.5) is 4.79 Å². The molecule has 3 aromatic rings. The Morgan fingerprint density at radius 3 is 2.68 bits per heavy atom. The van der Waals surface area contributed by atoms with E-state index in [1.165, 1.54) is 0 Å². The fraction of sp³-hybridized carbons (Fsp3) is 0.222. The van der Waals surface area contributed by atoms with Gasteiger partial charge in [-0.15, -0.1) is 0 Å². The van der Waals surface area contributed by atoms with Crippen LogP contribution in [-0.4, -0.2) is 27.0 Å². The van der Waals surface area contributed by atoms with Gasteiger partial charge in [0.15, 0.2) is 5.82 Å². The van der Waals surface area contributed by atoms with Crippen LogP contribution in [0.25, 0.3) is 10.8 Å². The Hall–Kier alpha value is -3.22. The van der Waals surface area contributed by atoms with Crippen molar-refractivity contribution in [3.8, 4) is 0 Å². The summed E-state index contributed by atoms with van der Waals surface area (Å²) in [4.78, 5) is 30.6. The van der Waals surface area contributed by atoms with Crippen LogP contribution in [0.2, 0.25) is 0 Å². The van der Waals surface area contributed by atoms with Gasteiger partial charge in [0.25, 0.3) is 5.91 Å². The number of hydrogen-bond acceptors (Lipinski definition) is 5. The van der Waals surface area contributed by atoms with Crippen LogP contribution in [0.1, 0.15) is 24.2 Å². The first-order valence-corrected chi connectivity index (χ1v) is 7.90. The second-order valence-corrected chi connectivity index (χ2v) is 6.21. The molecule has 1 fully saturated rings. The van der Waals surface area contributed by atoms with Gasteiger partial charge in [-0.3, -0.25) is 9.69 Å². The number of nitrogens with one attached hydrogen (secondary N) is 1. The van der Waals surface area contributed by atoms with E-state index in [4.69, 9.17) is 4.52 Å². The third kappa shape index (κ3) is 2.36. The second kappa shape index (κ2) is 5.41. The van der Waals surface area contributed by atoms with Gasteiger partial charge in [0.1, 0.15) is 12.1 Å². The lowest BCUT2D eigenvalue weighted by Gasteiger charge is -2.23. The van der Waals surface area contributed by atoms with E-state index in [0.717, 1.165) is 21.2 Å². The molecule has 4 rings (SSSR count). The highest BCUT2D eigenvalue weighted by molar-refractivity contribution is 6.09. The smallest absolute Gasteiger partial charge is 0.325 e. The topological polar surface area (TPSA) is 88.3 Å². The molecule has 1 aromatic heterocycles. The van der Waals surface area contributed by atoms with Crippen molar-refractivity contribution in [2.75, 3.05) is 0 Å². The van der Waals surface area contributed by atoms with Crippen LogP contribution in [-0.2, 0) is 16.9 Å². The SMILES string of the molecule is Cc1noc(CN2C(=O)NC(C)(c3cccc4ccccc34)C2=O)n1. The average Bonchev–Trinajstić information content (AvgIpc) is 3.11. The van der Waals surface area contributed by atoms with Crippen molar-refractivity contribution in [1.82, 2.24) is 20.4 Å². The summed E-state index contributed by atoms with van der Waals surface area (Å²) in [5.74, 6) is 0.340. The number of rotatable bonds is 3. The maximum Gasteiger partial charge on any atom is 0.325 e. The van der Waals surface area contributed by atoms with E-state index in [1.807, 2.05) is 42.5 Å². The first-order chi connectivity index (χ1) is 12.0. The van der Waals surface area contributed by atoms with Gasteiger partial charge in [-0.2, -0.15) is 4.98 Å². The summed E-state index contributed by atoms with van der Waals surface area (Å²) in [7, 11) is 0. The van der Waals surface area contributed by atoms with Gasteiger partial charge in [-0.25, -0.2) is 4.79 Å². The number of amides is 3. The van der Waals surface area contributed by atoms with E-state index >= 15 is 0 Å². The minimum Gasteiger partial charge on any atom is -0.337 e. The molecule has 1 N–H and O–H groups in total. The van der Waals surface area contributed by atoms with Crippen molar-refractivity contribution >= 4 is 22.7 Å².